The molecule has 5 nitrogen and oxygen atoms in total. The van der Waals surface area contributed by atoms with Crippen LogP contribution in [-0.4, -0.2) is 34.6 Å². The van der Waals surface area contributed by atoms with Crippen molar-refractivity contribution in [3.63, 3.8) is 0 Å². The molecule has 1 aliphatic rings. The summed E-state index contributed by atoms with van der Waals surface area (Å²) >= 11 is 3.31. The van der Waals surface area contributed by atoms with Gasteiger partial charge in [0.15, 0.2) is 0 Å². The minimum atomic E-state index is -0.947. The van der Waals surface area contributed by atoms with Gasteiger partial charge in [-0.3, -0.25) is 0 Å². The predicted molar refractivity (Wildman–Crippen MR) is 70.5 cm³/mol. The van der Waals surface area contributed by atoms with E-state index in [1.807, 2.05) is 6.07 Å². The molecule has 6 heteroatoms. The zero-order valence-corrected chi connectivity index (χ0v) is 11.2. The Bertz CT molecular complexity index is 478. The van der Waals surface area contributed by atoms with Crippen molar-refractivity contribution in [1.29, 1.82) is 0 Å². The normalized spacial score (nSPS) is 18.7. The summed E-state index contributed by atoms with van der Waals surface area (Å²) in [5, 5.41) is 11.7. The molecule has 1 heterocycles. The molecule has 1 aliphatic heterocycles. The average molecular weight is 313 g/mol. The molecular formula is C12H13BrN2O3. The fraction of sp³-hybridized carbons (Fsp3) is 0.333. The van der Waals surface area contributed by atoms with E-state index < -0.39 is 12.0 Å². The van der Waals surface area contributed by atoms with Gasteiger partial charge in [0.2, 0.25) is 0 Å². The molecule has 0 aromatic heterocycles. The summed E-state index contributed by atoms with van der Waals surface area (Å²) in [6, 6.07) is 6.11. The van der Waals surface area contributed by atoms with Crippen LogP contribution < -0.4 is 5.32 Å². The summed E-state index contributed by atoms with van der Waals surface area (Å²) in [5.74, 6) is -0.947. The summed E-state index contributed by atoms with van der Waals surface area (Å²) < 4.78 is 0.858. The van der Waals surface area contributed by atoms with Gasteiger partial charge in [0.25, 0.3) is 0 Å². The van der Waals surface area contributed by atoms with Gasteiger partial charge >= 0.3 is 12.0 Å². The number of likely N-dealkylation sites (tertiary alicyclic amines) is 1. The maximum Gasteiger partial charge on any atom is 0.326 e. The lowest BCUT2D eigenvalue weighted by Gasteiger charge is -2.21. The zero-order valence-electron chi connectivity index (χ0n) is 9.60. The number of carbonyl (C=O) groups excluding carboxylic acids is 1. The fourth-order valence-electron chi connectivity index (χ4n) is 2.03. The first-order valence-electron chi connectivity index (χ1n) is 5.64. The summed E-state index contributed by atoms with van der Waals surface area (Å²) in [5.41, 5.74) is 0.644. The van der Waals surface area contributed by atoms with Crippen LogP contribution in [0.25, 0.3) is 0 Å². The SMILES string of the molecule is O=C(O)[C@H]1CCCN1C(=O)Nc1cccc(Br)c1. The van der Waals surface area contributed by atoms with Crippen LogP contribution in [0.5, 0.6) is 0 Å². The molecule has 0 unspecified atom stereocenters. The highest BCUT2D eigenvalue weighted by Crippen LogP contribution is 2.20. The molecule has 18 heavy (non-hydrogen) atoms. The standard InChI is InChI=1S/C12H13BrN2O3/c13-8-3-1-4-9(7-8)14-12(18)15-6-2-5-10(15)11(16)17/h1,3-4,7,10H,2,5-6H2,(H,14,18)(H,16,17)/t10-/m1/s1. The minimum absolute atomic E-state index is 0.363. The van der Waals surface area contributed by atoms with Crippen LogP contribution in [0.15, 0.2) is 28.7 Å². The van der Waals surface area contributed by atoms with Gasteiger partial charge < -0.3 is 15.3 Å². The molecule has 1 saturated heterocycles. The number of nitrogens with one attached hydrogen (secondary N) is 1. The van der Waals surface area contributed by atoms with E-state index in [0.717, 1.165) is 10.9 Å². The first-order chi connectivity index (χ1) is 8.58. The monoisotopic (exact) mass is 312 g/mol. The number of nitrogens with zero attached hydrogens (tertiary/aromatic N) is 1. The summed E-state index contributed by atoms with van der Waals surface area (Å²) in [6.07, 6.45) is 1.24. The van der Waals surface area contributed by atoms with Crippen molar-refractivity contribution in [2.75, 3.05) is 11.9 Å². The number of halogens is 1. The van der Waals surface area contributed by atoms with Crippen molar-refractivity contribution in [3.05, 3.63) is 28.7 Å². The Morgan fingerprint density at radius 1 is 1.44 bits per heavy atom. The van der Waals surface area contributed by atoms with E-state index in [-0.39, 0.29) is 6.03 Å². The summed E-state index contributed by atoms with van der Waals surface area (Å²) in [4.78, 5) is 24.3. The number of carboxylic acids is 1. The lowest BCUT2D eigenvalue weighted by atomic mass is 10.2. The van der Waals surface area contributed by atoms with Crippen molar-refractivity contribution >= 4 is 33.6 Å². The molecule has 96 valence electrons. The van der Waals surface area contributed by atoms with Crippen LogP contribution in [0.4, 0.5) is 10.5 Å². The van der Waals surface area contributed by atoms with E-state index in [1.54, 1.807) is 18.2 Å². The second-order valence-corrected chi connectivity index (χ2v) is 5.05. The number of carboxylic acid groups (broad SMARTS) is 1. The van der Waals surface area contributed by atoms with Crippen molar-refractivity contribution in [1.82, 2.24) is 4.90 Å². The Balaban J connectivity index is 2.06. The molecule has 0 bridgehead atoms. The third kappa shape index (κ3) is 2.81. The number of carbonyl (C=O) groups is 2. The Morgan fingerprint density at radius 2 is 2.22 bits per heavy atom. The van der Waals surface area contributed by atoms with E-state index in [2.05, 4.69) is 21.2 Å². The number of amides is 2. The quantitative estimate of drug-likeness (QED) is 0.881. The van der Waals surface area contributed by atoms with Crippen LogP contribution in [0, 0.1) is 0 Å². The number of aliphatic carboxylic acids is 1. The van der Waals surface area contributed by atoms with Gasteiger partial charge in [-0.05, 0) is 31.0 Å². The van der Waals surface area contributed by atoms with Gasteiger partial charge in [-0.2, -0.15) is 0 Å². The number of anilines is 1. The summed E-state index contributed by atoms with van der Waals surface area (Å²) in [6.45, 7) is 0.483. The molecule has 1 aromatic rings. The first-order valence-corrected chi connectivity index (χ1v) is 6.43. The molecule has 1 atom stereocenters. The van der Waals surface area contributed by atoms with Crippen molar-refractivity contribution in [2.45, 2.75) is 18.9 Å². The van der Waals surface area contributed by atoms with E-state index in [9.17, 15) is 9.59 Å². The van der Waals surface area contributed by atoms with Gasteiger partial charge in [0, 0.05) is 16.7 Å². The molecule has 2 rings (SSSR count). The topological polar surface area (TPSA) is 69.6 Å². The Labute approximate surface area is 113 Å². The van der Waals surface area contributed by atoms with Crippen molar-refractivity contribution in [2.24, 2.45) is 0 Å². The van der Waals surface area contributed by atoms with Gasteiger partial charge in [-0.15, -0.1) is 0 Å². The second-order valence-electron chi connectivity index (χ2n) is 4.13. The molecule has 2 N–H and O–H groups in total. The maximum atomic E-state index is 12.0. The lowest BCUT2D eigenvalue weighted by Crippen LogP contribution is -2.42. The molecule has 0 aliphatic carbocycles. The number of hydrogen-bond acceptors (Lipinski definition) is 2. The molecule has 0 radical (unpaired) electrons. The number of hydrogen-bond donors (Lipinski definition) is 2. The van der Waals surface area contributed by atoms with Crippen molar-refractivity contribution < 1.29 is 14.7 Å². The van der Waals surface area contributed by atoms with E-state index in [1.165, 1.54) is 4.90 Å². The first kappa shape index (κ1) is 12.9. The highest BCUT2D eigenvalue weighted by Gasteiger charge is 2.33. The Hall–Kier alpha value is -1.56. The minimum Gasteiger partial charge on any atom is -0.480 e. The lowest BCUT2D eigenvalue weighted by molar-refractivity contribution is -0.141. The average Bonchev–Trinajstić information content (AvgIpc) is 2.77. The largest absolute Gasteiger partial charge is 0.480 e. The van der Waals surface area contributed by atoms with Gasteiger partial charge in [0.1, 0.15) is 6.04 Å². The molecular weight excluding hydrogens is 300 g/mol. The summed E-state index contributed by atoms with van der Waals surface area (Å²) in [7, 11) is 0. The van der Waals surface area contributed by atoms with Crippen LogP contribution in [0.1, 0.15) is 12.8 Å². The van der Waals surface area contributed by atoms with Crippen LogP contribution in [-0.2, 0) is 4.79 Å². The highest BCUT2D eigenvalue weighted by atomic mass is 79.9. The molecule has 2 amide bonds. The molecule has 1 fully saturated rings. The van der Waals surface area contributed by atoms with Crippen LogP contribution in [0.3, 0.4) is 0 Å². The van der Waals surface area contributed by atoms with E-state index >= 15 is 0 Å². The Kier molecular flexibility index (Phi) is 3.86. The third-order valence-corrected chi connectivity index (χ3v) is 3.37. The van der Waals surface area contributed by atoms with Gasteiger partial charge in [-0.25, -0.2) is 9.59 Å². The smallest absolute Gasteiger partial charge is 0.326 e. The fourth-order valence-corrected chi connectivity index (χ4v) is 2.43. The van der Waals surface area contributed by atoms with Gasteiger partial charge in [-0.1, -0.05) is 22.0 Å². The van der Waals surface area contributed by atoms with E-state index in [4.69, 9.17) is 5.11 Å². The molecule has 0 saturated carbocycles. The molecule has 0 spiro atoms. The van der Waals surface area contributed by atoms with Gasteiger partial charge in [0.05, 0.1) is 0 Å². The second kappa shape index (κ2) is 5.39. The molecule has 1 aromatic carbocycles. The number of urea groups is 1. The van der Waals surface area contributed by atoms with E-state index in [0.29, 0.717) is 18.7 Å². The number of rotatable bonds is 2. The highest BCUT2D eigenvalue weighted by molar-refractivity contribution is 9.10. The number of benzene rings is 1. The van der Waals surface area contributed by atoms with Crippen molar-refractivity contribution in [3.8, 4) is 0 Å². The van der Waals surface area contributed by atoms with Crippen LogP contribution in [0.2, 0.25) is 0 Å². The Morgan fingerprint density at radius 3 is 2.89 bits per heavy atom. The maximum absolute atomic E-state index is 12.0. The van der Waals surface area contributed by atoms with Crippen LogP contribution >= 0.6 is 15.9 Å². The predicted octanol–water partition coefficient (Wildman–Crippen LogP) is 2.53. The zero-order chi connectivity index (χ0) is 13.1. The third-order valence-electron chi connectivity index (χ3n) is 2.87.